The maximum atomic E-state index is 2.47. The van der Waals surface area contributed by atoms with Crippen molar-refractivity contribution in [3.05, 3.63) is 164 Å². The van der Waals surface area contributed by atoms with Gasteiger partial charge in [-0.25, -0.2) is 0 Å². The lowest BCUT2D eigenvalue weighted by atomic mass is 10.1. The summed E-state index contributed by atoms with van der Waals surface area (Å²) >= 11 is 0. The fraction of sp³-hybridized carbons (Fsp3) is 0. The Bertz CT molecular complexity index is 2650. The lowest BCUT2D eigenvalue weighted by Crippen LogP contribution is -2.04. The minimum absolute atomic E-state index is 1.14. The molecule has 0 radical (unpaired) electrons. The standard InChI is InChI=1S/C42H27N3/c1-2-14-28(15-3-1)43-35-21-9-8-20-33(35)34-26-41(44-36-22-10-4-16-29(36)30-17-5-11-23-37(30)44)42(27-40(34)43)45-38-24-12-6-18-31(38)32-19-7-13-25-39(32)45/h1-27H. The van der Waals surface area contributed by atoms with Gasteiger partial charge in [-0.1, -0.05) is 109 Å². The third-order valence-electron chi connectivity index (χ3n) is 9.43. The van der Waals surface area contributed by atoms with E-state index < -0.39 is 0 Å². The van der Waals surface area contributed by atoms with Gasteiger partial charge in [0.1, 0.15) is 0 Å². The van der Waals surface area contributed by atoms with Crippen molar-refractivity contribution < 1.29 is 0 Å². The molecule has 0 saturated carbocycles. The smallest absolute Gasteiger partial charge is 0.0724 e. The van der Waals surface area contributed by atoms with Crippen LogP contribution in [-0.2, 0) is 0 Å². The van der Waals surface area contributed by atoms with Gasteiger partial charge < -0.3 is 13.7 Å². The van der Waals surface area contributed by atoms with Crippen LogP contribution in [0.25, 0.3) is 82.5 Å². The van der Waals surface area contributed by atoms with E-state index in [9.17, 15) is 0 Å². The van der Waals surface area contributed by atoms with Gasteiger partial charge in [0.25, 0.3) is 0 Å². The second-order valence-corrected chi connectivity index (χ2v) is 11.8. The Kier molecular flexibility index (Phi) is 5.00. The van der Waals surface area contributed by atoms with Crippen LogP contribution in [0.1, 0.15) is 0 Å². The van der Waals surface area contributed by atoms with Gasteiger partial charge in [0.2, 0.25) is 0 Å². The quantitative estimate of drug-likeness (QED) is 0.200. The molecular formula is C42H27N3. The summed E-state index contributed by atoms with van der Waals surface area (Å²) in [6.07, 6.45) is 0. The van der Waals surface area contributed by atoms with E-state index in [0.717, 1.165) is 17.1 Å². The molecule has 0 amide bonds. The van der Waals surface area contributed by atoms with Crippen molar-refractivity contribution in [2.75, 3.05) is 0 Å². The lowest BCUT2D eigenvalue weighted by molar-refractivity contribution is 1.09. The highest BCUT2D eigenvalue weighted by molar-refractivity contribution is 6.15. The van der Waals surface area contributed by atoms with Crippen LogP contribution in [0.3, 0.4) is 0 Å². The Labute approximate surface area is 259 Å². The highest BCUT2D eigenvalue weighted by Gasteiger charge is 2.22. The molecular weight excluding hydrogens is 546 g/mol. The van der Waals surface area contributed by atoms with Crippen molar-refractivity contribution in [3.63, 3.8) is 0 Å². The van der Waals surface area contributed by atoms with Crippen molar-refractivity contribution in [3.8, 4) is 17.1 Å². The van der Waals surface area contributed by atoms with E-state index in [0.29, 0.717) is 0 Å². The van der Waals surface area contributed by atoms with Crippen molar-refractivity contribution in [2.45, 2.75) is 0 Å². The fourth-order valence-corrected chi connectivity index (χ4v) is 7.57. The molecule has 0 unspecified atom stereocenters. The molecule has 0 atom stereocenters. The predicted octanol–water partition coefficient (Wildman–Crippen LogP) is 11.0. The van der Waals surface area contributed by atoms with Crippen LogP contribution in [0.2, 0.25) is 0 Å². The van der Waals surface area contributed by atoms with Crippen molar-refractivity contribution in [1.29, 1.82) is 0 Å². The number of nitrogens with zero attached hydrogens (tertiary/aromatic N) is 3. The van der Waals surface area contributed by atoms with Crippen LogP contribution in [0, 0.1) is 0 Å². The number of hydrogen-bond donors (Lipinski definition) is 0. The SMILES string of the molecule is c1ccc(-n2c3ccccc3c3cc(-n4c5ccccc5c5ccccc54)c(-n4c5ccccc5c5ccccc54)cc32)cc1. The summed E-state index contributed by atoms with van der Waals surface area (Å²) in [4.78, 5) is 0. The van der Waals surface area contributed by atoms with Crippen molar-refractivity contribution in [1.82, 2.24) is 13.7 Å². The van der Waals surface area contributed by atoms with Crippen molar-refractivity contribution >= 4 is 65.4 Å². The number of fused-ring (bicyclic) bond motifs is 9. The van der Waals surface area contributed by atoms with Crippen LogP contribution in [0.5, 0.6) is 0 Å². The minimum Gasteiger partial charge on any atom is -0.309 e. The second-order valence-electron chi connectivity index (χ2n) is 11.8. The fourth-order valence-electron chi connectivity index (χ4n) is 7.57. The molecule has 3 heteroatoms. The molecule has 0 fully saturated rings. The zero-order valence-electron chi connectivity index (χ0n) is 24.4. The molecule has 10 aromatic rings. The lowest BCUT2D eigenvalue weighted by Gasteiger charge is -2.18. The van der Waals surface area contributed by atoms with Crippen molar-refractivity contribution in [2.24, 2.45) is 0 Å². The molecule has 0 spiro atoms. The van der Waals surface area contributed by atoms with E-state index in [1.807, 2.05) is 0 Å². The van der Waals surface area contributed by atoms with Gasteiger partial charge >= 0.3 is 0 Å². The maximum absolute atomic E-state index is 2.47. The van der Waals surface area contributed by atoms with E-state index in [1.54, 1.807) is 0 Å². The third kappa shape index (κ3) is 3.35. The largest absolute Gasteiger partial charge is 0.309 e. The molecule has 0 aliphatic carbocycles. The highest BCUT2D eigenvalue weighted by Crippen LogP contribution is 2.42. The summed E-state index contributed by atoms with van der Waals surface area (Å²) in [6.45, 7) is 0. The molecule has 0 saturated heterocycles. The zero-order chi connectivity index (χ0) is 29.5. The summed E-state index contributed by atoms with van der Waals surface area (Å²) in [5.41, 5.74) is 10.6. The summed E-state index contributed by atoms with van der Waals surface area (Å²) in [5, 5.41) is 7.50. The Hall–Kier alpha value is -6.06. The average Bonchev–Trinajstić information content (AvgIpc) is 3.73. The van der Waals surface area contributed by atoms with Crippen LogP contribution in [-0.4, -0.2) is 13.7 Å². The molecule has 0 aliphatic rings. The normalized spacial score (nSPS) is 12.0. The Morgan fingerprint density at radius 1 is 0.244 bits per heavy atom. The first-order chi connectivity index (χ1) is 22.4. The van der Waals surface area contributed by atoms with E-state index >= 15 is 0 Å². The van der Waals surface area contributed by atoms with Gasteiger partial charge in [-0.05, 0) is 54.6 Å². The van der Waals surface area contributed by atoms with Crippen LogP contribution in [0.4, 0.5) is 0 Å². The summed E-state index contributed by atoms with van der Waals surface area (Å²) in [5.74, 6) is 0. The average molecular weight is 574 g/mol. The van der Waals surface area contributed by atoms with Gasteiger partial charge in [-0.2, -0.15) is 0 Å². The molecule has 3 nitrogen and oxygen atoms in total. The molecule has 10 rings (SSSR count). The Balaban J connectivity index is 1.46. The predicted molar refractivity (Wildman–Crippen MR) is 189 cm³/mol. The first-order valence-corrected chi connectivity index (χ1v) is 15.5. The number of aromatic nitrogens is 3. The number of para-hydroxylation sites is 6. The van der Waals surface area contributed by atoms with E-state index in [4.69, 9.17) is 0 Å². The second kappa shape index (κ2) is 9.22. The Morgan fingerprint density at radius 3 is 1.02 bits per heavy atom. The van der Waals surface area contributed by atoms with Gasteiger partial charge in [0.05, 0.1) is 44.5 Å². The monoisotopic (exact) mass is 573 g/mol. The number of hydrogen-bond acceptors (Lipinski definition) is 0. The topological polar surface area (TPSA) is 14.8 Å². The molecule has 3 heterocycles. The molecule has 3 aromatic heterocycles. The summed E-state index contributed by atoms with van der Waals surface area (Å²) in [6, 6.07) is 59.5. The minimum atomic E-state index is 1.14. The molecule has 0 aliphatic heterocycles. The zero-order valence-corrected chi connectivity index (χ0v) is 24.4. The summed E-state index contributed by atoms with van der Waals surface area (Å²) < 4.78 is 7.35. The molecule has 0 N–H and O–H groups in total. The van der Waals surface area contributed by atoms with E-state index in [2.05, 4.69) is 177 Å². The molecule has 45 heavy (non-hydrogen) atoms. The van der Waals surface area contributed by atoms with E-state index in [-0.39, 0.29) is 0 Å². The summed E-state index contributed by atoms with van der Waals surface area (Å²) in [7, 11) is 0. The first-order valence-electron chi connectivity index (χ1n) is 15.5. The van der Waals surface area contributed by atoms with Crippen LogP contribution < -0.4 is 0 Å². The maximum Gasteiger partial charge on any atom is 0.0724 e. The van der Waals surface area contributed by atoms with Gasteiger partial charge in [0.15, 0.2) is 0 Å². The Morgan fingerprint density at radius 2 is 0.578 bits per heavy atom. The number of rotatable bonds is 3. The first kappa shape index (κ1) is 24.4. The third-order valence-corrected chi connectivity index (χ3v) is 9.43. The van der Waals surface area contributed by atoms with Gasteiger partial charge in [-0.15, -0.1) is 0 Å². The molecule has 7 aromatic carbocycles. The highest BCUT2D eigenvalue weighted by atomic mass is 15.1. The van der Waals surface area contributed by atoms with Crippen LogP contribution >= 0.6 is 0 Å². The molecule has 0 bridgehead atoms. The van der Waals surface area contributed by atoms with Crippen LogP contribution in [0.15, 0.2) is 164 Å². The number of benzene rings is 7. The molecule has 210 valence electrons. The van der Waals surface area contributed by atoms with Gasteiger partial charge in [-0.3, -0.25) is 0 Å². The van der Waals surface area contributed by atoms with Gasteiger partial charge in [0, 0.05) is 38.0 Å². The van der Waals surface area contributed by atoms with E-state index in [1.165, 1.54) is 65.4 Å².